The molecular weight excluding hydrogens is 348 g/mol. The average Bonchev–Trinajstić information content (AvgIpc) is 2.65. The first kappa shape index (κ1) is 18.5. The second-order valence-corrected chi connectivity index (χ2v) is 8.79. The second-order valence-electron chi connectivity index (χ2n) is 6.78. The van der Waals surface area contributed by atoms with Crippen molar-refractivity contribution in [3.8, 4) is 0 Å². The molecule has 6 nitrogen and oxygen atoms in total. The molecule has 1 saturated heterocycles. The van der Waals surface area contributed by atoms with E-state index < -0.39 is 10.0 Å². The van der Waals surface area contributed by atoms with Gasteiger partial charge < -0.3 is 10.2 Å². The lowest BCUT2D eigenvalue weighted by Gasteiger charge is -2.32. The van der Waals surface area contributed by atoms with Gasteiger partial charge in [-0.25, -0.2) is 13.4 Å². The van der Waals surface area contributed by atoms with Gasteiger partial charge in [0, 0.05) is 24.5 Å². The highest BCUT2D eigenvalue weighted by Crippen LogP contribution is 2.25. The summed E-state index contributed by atoms with van der Waals surface area (Å²) in [4.78, 5) is 6.58. The van der Waals surface area contributed by atoms with E-state index in [-0.39, 0.29) is 5.75 Å². The van der Waals surface area contributed by atoms with Crippen LogP contribution in [-0.2, 0) is 10.0 Å². The quantitative estimate of drug-likeness (QED) is 0.804. The first-order valence-corrected chi connectivity index (χ1v) is 10.7. The molecule has 1 aliphatic heterocycles. The maximum absolute atomic E-state index is 11.6. The fourth-order valence-corrected chi connectivity index (χ4v) is 3.53. The number of sulfonamides is 1. The normalized spacial score (nSPS) is 15.7. The van der Waals surface area contributed by atoms with Gasteiger partial charge in [0.2, 0.25) is 10.0 Å². The summed E-state index contributed by atoms with van der Waals surface area (Å²) >= 11 is 0. The summed E-state index contributed by atoms with van der Waals surface area (Å²) in [5.74, 6) is 1.17. The molecule has 2 heterocycles. The van der Waals surface area contributed by atoms with Crippen molar-refractivity contribution in [2.75, 3.05) is 33.8 Å². The maximum atomic E-state index is 11.6. The van der Waals surface area contributed by atoms with Crippen molar-refractivity contribution in [3.63, 3.8) is 0 Å². The predicted molar refractivity (Wildman–Crippen MR) is 108 cm³/mol. The Morgan fingerprint density at radius 3 is 2.31 bits per heavy atom. The average molecular weight is 375 g/mol. The van der Waals surface area contributed by atoms with E-state index in [1.54, 1.807) is 25.3 Å². The molecular formula is C19H26N4O2S. The van der Waals surface area contributed by atoms with Crippen molar-refractivity contribution < 1.29 is 8.42 Å². The molecule has 0 bridgehead atoms. The lowest BCUT2D eigenvalue weighted by Crippen LogP contribution is -2.32. The van der Waals surface area contributed by atoms with Gasteiger partial charge in [-0.05, 0) is 62.1 Å². The molecule has 1 aromatic heterocycles. The summed E-state index contributed by atoms with van der Waals surface area (Å²) < 4.78 is 25.5. The second kappa shape index (κ2) is 7.95. The van der Waals surface area contributed by atoms with Crippen molar-refractivity contribution in [2.45, 2.75) is 26.7 Å². The number of hydrogen-bond donors (Lipinski definition) is 2. The molecule has 0 amide bonds. The van der Waals surface area contributed by atoms with Gasteiger partial charge >= 0.3 is 0 Å². The molecule has 0 atom stereocenters. The first-order valence-electron chi connectivity index (χ1n) is 9.04. The summed E-state index contributed by atoms with van der Waals surface area (Å²) in [5, 5.41) is 3.29. The smallest absolute Gasteiger partial charge is 0.233 e. The van der Waals surface area contributed by atoms with Crippen LogP contribution in [0, 0.1) is 5.92 Å². The minimum atomic E-state index is -3.30. The van der Waals surface area contributed by atoms with Crippen LogP contribution in [0.5, 0.6) is 0 Å². The molecule has 2 aromatic rings. The van der Waals surface area contributed by atoms with E-state index in [0.717, 1.165) is 30.4 Å². The Balaban J connectivity index is 1.60. The molecule has 0 aliphatic carbocycles. The highest BCUT2D eigenvalue weighted by molar-refractivity contribution is 7.92. The zero-order valence-corrected chi connectivity index (χ0v) is 16.1. The van der Waals surface area contributed by atoms with Gasteiger partial charge in [0.1, 0.15) is 5.82 Å². The van der Waals surface area contributed by atoms with Crippen molar-refractivity contribution in [1.29, 1.82) is 0 Å². The third kappa shape index (κ3) is 4.88. The van der Waals surface area contributed by atoms with Gasteiger partial charge in [0.25, 0.3) is 0 Å². The molecule has 2 N–H and O–H groups in total. The molecule has 0 unspecified atom stereocenters. The predicted octanol–water partition coefficient (Wildman–Crippen LogP) is 3.82. The summed E-state index contributed by atoms with van der Waals surface area (Å²) in [6, 6.07) is 11.8. The molecule has 1 aliphatic rings. The molecule has 1 fully saturated rings. The van der Waals surface area contributed by atoms with Crippen LogP contribution in [0.15, 0.2) is 42.6 Å². The molecule has 1 aromatic carbocycles. The summed E-state index contributed by atoms with van der Waals surface area (Å²) in [6.07, 6.45) is 4.12. The summed E-state index contributed by atoms with van der Waals surface area (Å²) in [6.45, 7) is 6.14. The standard InChI is InChI=1S/C19H26N4O2S/c1-3-26(24,25)22-19-9-6-17(14-20-19)21-16-4-7-18(8-5-16)23-12-10-15(2)11-13-23/h4-9,14-15,21H,3,10-13H2,1-2H3,(H,20,22). The minimum absolute atomic E-state index is 0.0248. The number of nitrogens with zero attached hydrogens (tertiary/aromatic N) is 2. The van der Waals surface area contributed by atoms with Crippen LogP contribution in [0.25, 0.3) is 0 Å². The highest BCUT2D eigenvalue weighted by Gasteiger charge is 2.15. The summed E-state index contributed by atoms with van der Waals surface area (Å²) in [7, 11) is -3.30. The SMILES string of the molecule is CCS(=O)(=O)Nc1ccc(Nc2ccc(N3CCC(C)CC3)cc2)cn1. The highest BCUT2D eigenvalue weighted by atomic mass is 32.2. The Morgan fingerprint density at radius 1 is 1.08 bits per heavy atom. The number of hydrogen-bond acceptors (Lipinski definition) is 5. The number of rotatable bonds is 6. The number of anilines is 4. The van der Waals surface area contributed by atoms with E-state index in [1.807, 2.05) is 0 Å². The van der Waals surface area contributed by atoms with Gasteiger partial charge in [0.05, 0.1) is 17.6 Å². The van der Waals surface area contributed by atoms with E-state index in [4.69, 9.17) is 0 Å². The lowest BCUT2D eigenvalue weighted by molar-refractivity contribution is 0.438. The van der Waals surface area contributed by atoms with Crippen molar-refractivity contribution >= 4 is 32.9 Å². The Labute approximate surface area is 155 Å². The molecule has 7 heteroatoms. The Hall–Kier alpha value is -2.28. The third-order valence-electron chi connectivity index (χ3n) is 4.71. The van der Waals surface area contributed by atoms with Crippen molar-refractivity contribution in [3.05, 3.63) is 42.6 Å². The van der Waals surface area contributed by atoms with E-state index in [2.05, 4.69) is 51.1 Å². The van der Waals surface area contributed by atoms with Gasteiger partial charge in [-0.3, -0.25) is 4.72 Å². The zero-order chi connectivity index (χ0) is 18.6. The van der Waals surface area contributed by atoms with E-state index in [0.29, 0.717) is 5.82 Å². The van der Waals surface area contributed by atoms with E-state index >= 15 is 0 Å². The van der Waals surface area contributed by atoms with Crippen molar-refractivity contribution in [1.82, 2.24) is 4.98 Å². The van der Waals surface area contributed by atoms with Gasteiger partial charge in [-0.15, -0.1) is 0 Å². The number of pyridine rings is 1. The zero-order valence-electron chi connectivity index (χ0n) is 15.3. The molecule has 0 radical (unpaired) electrons. The van der Waals surface area contributed by atoms with Crippen LogP contribution in [0.1, 0.15) is 26.7 Å². The Bertz CT molecular complexity index is 812. The van der Waals surface area contributed by atoms with Crippen LogP contribution >= 0.6 is 0 Å². The fraction of sp³-hybridized carbons (Fsp3) is 0.421. The van der Waals surface area contributed by atoms with Crippen LogP contribution in [0.4, 0.5) is 22.9 Å². The molecule has 26 heavy (non-hydrogen) atoms. The van der Waals surface area contributed by atoms with Gasteiger partial charge in [0.15, 0.2) is 0 Å². The molecule has 140 valence electrons. The number of nitrogens with one attached hydrogen (secondary N) is 2. The van der Waals surface area contributed by atoms with Crippen LogP contribution < -0.4 is 14.9 Å². The molecule has 3 rings (SSSR count). The van der Waals surface area contributed by atoms with Crippen LogP contribution in [0.3, 0.4) is 0 Å². The maximum Gasteiger partial charge on any atom is 0.233 e. The van der Waals surface area contributed by atoms with E-state index in [9.17, 15) is 8.42 Å². The fourth-order valence-electron chi connectivity index (χ4n) is 2.95. The summed E-state index contributed by atoms with van der Waals surface area (Å²) in [5.41, 5.74) is 3.04. The monoisotopic (exact) mass is 374 g/mol. The number of piperidine rings is 1. The van der Waals surface area contributed by atoms with Crippen LogP contribution in [0.2, 0.25) is 0 Å². The van der Waals surface area contributed by atoms with Crippen molar-refractivity contribution in [2.24, 2.45) is 5.92 Å². The topological polar surface area (TPSA) is 74.3 Å². The third-order valence-corrected chi connectivity index (χ3v) is 5.99. The minimum Gasteiger partial charge on any atom is -0.372 e. The number of benzene rings is 1. The largest absolute Gasteiger partial charge is 0.372 e. The molecule has 0 spiro atoms. The first-order chi connectivity index (χ1) is 12.4. The van der Waals surface area contributed by atoms with E-state index in [1.165, 1.54) is 18.5 Å². The van der Waals surface area contributed by atoms with Gasteiger partial charge in [-0.2, -0.15) is 0 Å². The lowest BCUT2D eigenvalue weighted by atomic mass is 9.99. The Morgan fingerprint density at radius 2 is 1.73 bits per heavy atom. The molecule has 0 saturated carbocycles. The number of aromatic nitrogens is 1. The Kier molecular flexibility index (Phi) is 5.66. The van der Waals surface area contributed by atoms with Gasteiger partial charge in [-0.1, -0.05) is 6.92 Å². The van der Waals surface area contributed by atoms with Crippen LogP contribution in [-0.4, -0.2) is 32.2 Å².